The number of rotatable bonds is 6. The predicted octanol–water partition coefficient (Wildman–Crippen LogP) is 6.11. The minimum absolute atomic E-state index is 0.481. The van der Waals surface area contributed by atoms with Crippen molar-refractivity contribution in [1.82, 2.24) is 19.6 Å². The number of thiazole rings is 1. The molecular formula is C21H24N4OS2. The maximum atomic E-state index is 5.72. The zero-order valence-corrected chi connectivity index (χ0v) is 18.4. The van der Waals surface area contributed by atoms with Gasteiger partial charge in [-0.25, -0.2) is 14.5 Å². The Balaban J connectivity index is 1.96. The number of hydrogen-bond donors (Lipinski definition) is 0. The molecule has 0 unspecified atom stereocenters. The molecular weight excluding hydrogens is 388 g/mol. The van der Waals surface area contributed by atoms with Gasteiger partial charge in [0, 0.05) is 23.2 Å². The highest BCUT2D eigenvalue weighted by Gasteiger charge is 2.24. The minimum Gasteiger partial charge on any atom is -0.495 e. The molecule has 0 atom stereocenters. The number of methoxy groups -OCH3 is 1. The molecule has 146 valence electrons. The lowest BCUT2D eigenvalue weighted by Gasteiger charge is -2.14. The van der Waals surface area contributed by atoms with E-state index in [4.69, 9.17) is 14.8 Å². The van der Waals surface area contributed by atoms with Gasteiger partial charge in [-0.2, -0.15) is 5.10 Å². The first kappa shape index (κ1) is 19.1. The summed E-state index contributed by atoms with van der Waals surface area (Å²) in [5.41, 5.74) is 5.22. The number of ether oxygens (including phenoxy) is 1. The summed E-state index contributed by atoms with van der Waals surface area (Å²) in [6.07, 6.45) is 4.01. The average Bonchev–Trinajstić information content (AvgIpc) is 3.40. The van der Waals surface area contributed by atoms with E-state index in [1.165, 1.54) is 5.56 Å². The van der Waals surface area contributed by atoms with Crippen LogP contribution in [0.1, 0.15) is 49.6 Å². The molecule has 0 spiro atoms. The van der Waals surface area contributed by atoms with E-state index in [0.29, 0.717) is 5.92 Å². The van der Waals surface area contributed by atoms with Gasteiger partial charge >= 0.3 is 0 Å². The molecule has 0 fully saturated rings. The molecule has 4 rings (SSSR count). The van der Waals surface area contributed by atoms with Gasteiger partial charge in [0.2, 0.25) is 0 Å². The lowest BCUT2D eigenvalue weighted by atomic mass is 9.95. The van der Waals surface area contributed by atoms with Crippen LogP contribution in [0.25, 0.3) is 26.1 Å². The summed E-state index contributed by atoms with van der Waals surface area (Å²) in [4.78, 5) is 11.5. The molecule has 4 heterocycles. The first-order valence-electron chi connectivity index (χ1n) is 9.52. The van der Waals surface area contributed by atoms with Crippen LogP contribution < -0.4 is 4.74 Å². The highest BCUT2D eigenvalue weighted by molar-refractivity contribution is 7.23. The van der Waals surface area contributed by atoms with Crippen LogP contribution in [0.5, 0.6) is 5.75 Å². The van der Waals surface area contributed by atoms with Gasteiger partial charge in [0.15, 0.2) is 5.65 Å². The zero-order chi connectivity index (χ0) is 19.8. The highest BCUT2D eigenvalue weighted by atomic mass is 32.1. The maximum absolute atomic E-state index is 5.72. The Morgan fingerprint density at radius 1 is 1.18 bits per heavy atom. The Kier molecular flexibility index (Phi) is 5.21. The Labute approximate surface area is 173 Å². The Morgan fingerprint density at radius 3 is 2.61 bits per heavy atom. The Morgan fingerprint density at radius 2 is 1.96 bits per heavy atom. The number of thiophene rings is 1. The van der Waals surface area contributed by atoms with Crippen molar-refractivity contribution in [3.8, 4) is 26.2 Å². The number of fused-ring (bicyclic) bond motifs is 1. The maximum Gasteiger partial charge on any atom is 0.158 e. The van der Waals surface area contributed by atoms with Crippen LogP contribution in [0.3, 0.4) is 0 Å². The third kappa shape index (κ3) is 3.12. The molecule has 4 aromatic rings. The van der Waals surface area contributed by atoms with Crippen molar-refractivity contribution in [3.63, 3.8) is 0 Å². The molecule has 0 aromatic carbocycles. The monoisotopic (exact) mass is 412 g/mol. The van der Waals surface area contributed by atoms with Crippen LogP contribution in [-0.2, 0) is 0 Å². The predicted molar refractivity (Wildman–Crippen MR) is 117 cm³/mol. The number of nitrogens with zero attached hydrogens (tertiary/aromatic N) is 4. The van der Waals surface area contributed by atoms with E-state index in [1.807, 2.05) is 16.1 Å². The van der Waals surface area contributed by atoms with E-state index in [2.05, 4.69) is 44.8 Å². The summed E-state index contributed by atoms with van der Waals surface area (Å²) >= 11 is 3.32. The third-order valence-electron chi connectivity index (χ3n) is 5.11. The minimum atomic E-state index is 0.481. The van der Waals surface area contributed by atoms with Crippen molar-refractivity contribution in [2.45, 2.75) is 46.5 Å². The summed E-state index contributed by atoms with van der Waals surface area (Å²) in [5.74, 6) is 1.32. The van der Waals surface area contributed by atoms with Crippen LogP contribution in [0.2, 0.25) is 0 Å². The zero-order valence-electron chi connectivity index (χ0n) is 16.8. The molecule has 0 bridgehead atoms. The number of aryl methyl sites for hydroxylation is 2. The van der Waals surface area contributed by atoms with Crippen molar-refractivity contribution in [2.24, 2.45) is 0 Å². The Hall–Kier alpha value is -2.25. The molecule has 0 radical (unpaired) electrons. The molecule has 0 N–H and O–H groups in total. The van der Waals surface area contributed by atoms with E-state index < -0.39 is 0 Å². The van der Waals surface area contributed by atoms with Crippen LogP contribution in [0, 0.1) is 13.8 Å². The molecule has 0 saturated carbocycles. The van der Waals surface area contributed by atoms with Crippen LogP contribution >= 0.6 is 22.7 Å². The topological polar surface area (TPSA) is 52.3 Å². The molecule has 0 aliphatic rings. The van der Waals surface area contributed by atoms with Gasteiger partial charge in [0.25, 0.3) is 0 Å². The van der Waals surface area contributed by atoms with Gasteiger partial charge in [-0.1, -0.05) is 13.8 Å². The molecule has 4 aromatic heterocycles. The molecule has 0 saturated heterocycles. The summed E-state index contributed by atoms with van der Waals surface area (Å²) in [5, 5.41) is 7.82. The first-order valence-corrected chi connectivity index (χ1v) is 11.2. The molecule has 7 heteroatoms. The lowest BCUT2D eigenvalue weighted by Crippen LogP contribution is -2.05. The first-order chi connectivity index (χ1) is 13.6. The summed E-state index contributed by atoms with van der Waals surface area (Å²) < 4.78 is 7.73. The van der Waals surface area contributed by atoms with Crippen molar-refractivity contribution in [3.05, 3.63) is 40.7 Å². The SMILES string of the molecule is CCC(CC)c1cc(C)nn2c(-c3sc(-c4nccs4)cc3OC)c(C)nc12. The van der Waals surface area contributed by atoms with Crippen LogP contribution in [0.15, 0.2) is 23.7 Å². The van der Waals surface area contributed by atoms with Gasteiger partial charge in [0.1, 0.15) is 16.5 Å². The standard InChI is InChI=1S/C21H24N4OS2/c1-6-14(7-2)15-10-12(3)24-25-18(13(4)23-20(15)25)19-16(26-5)11-17(28-19)21-22-8-9-27-21/h8-11,14H,6-7H2,1-5H3. The second kappa shape index (κ2) is 7.64. The van der Waals surface area contributed by atoms with Crippen molar-refractivity contribution in [2.75, 3.05) is 7.11 Å². The normalized spacial score (nSPS) is 11.6. The van der Waals surface area contributed by atoms with E-state index in [1.54, 1.807) is 29.8 Å². The van der Waals surface area contributed by atoms with Gasteiger partial charge in [-0.05, 0) is 38.7 Å². The fourth-order valence-corrected chi connectivity index (χ4v) is 5.63. The molecule has 0 aliphatic carbocycles. The van der Waals surface area contributed by atoms with Crippen LogP contribution in [0.4, 0.5) is 0 Å². The highest BCUT2D eigenvalue weighted by Crippen LogP contribution is 2.44. The van der Waals surface area contributed by atoms with Gasteiger partial charge in [0.05, 0.1) is 28.3 Å². The number of aromatic nitrogens is 4. The molecule has 28 heavy (non-hydrogen) atoms. The van der Waals surface area contributed by atoms with E-state index in [9.17, 15) is 0 Å². The fourth-order valence-electron chi connectivity index (χ4n) is 3.71. The smallest absolute Gasteiger partial charge is 0.158 e. The van der Waals surface area contributed by atoms with Gasteiger partial charge in [-0.3, -0.25) is 0 Å². The summed E-state index contributed by atoms with van der Waals surface area (Å²) in [6.45, 7) is 8.58. The van der Waals surface area contributed by atoms with E-state index in [-0.39, 0.29) is 0 Å². The quantitative estimate of drug-likeness (QED) is 0.383. The average molecular weight is 413 g/mol. The van der Waals surface area contributed by atoms with Crippen LogP contribution in [-0.4, -0.2) is 26.7 Å². The molecule has 5 nitrogen and oxygen atoms in total. The van der Waals surface area contributed by atoms with Gasteiger partial charge in [-0.15, -0.1) is 22.7 Å². The summed E-state index contributed by atoms with van der Waals surface area (Å²) in [6, 6.07) is 4.26. The summed E-state index contributed by atoms with van der Waals surface area (Å²) in [7, 11) is 1.71. The fraction of sp³-hybridized carbons (Fsp3) is 0.381. The molecule has 0 amide bonds. The van der Waals surface area contributed by atoms with E-state index >= 15 is 0 Å². The number of imidazole rings is 1. The third-order valence-corrected chi connectivity index (χ3v) is 7.18. The number of hydrogen-bond acceptors (Lipinski definition) is 6. The molecule has 0 aliphatic heterocycles. The van der Waals surface area contributed by atoms with Crippen molar-refractivity contribution >= 4 is 28.3 Å². The van der Waals surface area contributed by atoms with E-state index in [0.717, 1.165) is 56.1 Å². The van der Waals surface area contributed by atoms with Gasteiger partial charge < -0.3 is 4.74 Å². The second-order valence-corrected chi connectivity index (χ2v) is 8.83. The lowest BCUT2D eigenvalue weighted by molar-refractivity contribution is 0.418. The van der Waals surface area contributed by atoms with Crippen molar-refractivity contribution in [1.29, 1.82) is 0 Å². The van der Waals surface area contributed by atoms with Crippen molar-refractivity contribution < 1.29 is 4.74 Å². The second-order valence-electron chi connectivity index (χ2n) is 6.88. The Bertz CT molecular complexity index is 1110. The largest absolute Gasteiger partial charge is 0.495 e.